The number of nitro groups is 1. The van der Waals surface area contributed by atoms with Crippen molar-refractivity contribution in [1.29, 1.82) is 0 Å². The van der Waals surface area contributed by atoms with Gasteiger partial charge in [0.15, 0.2) is 5.13 Å². The molecule has 3 aromatic rings. The number of nitrogens with zero attached hydrogens (tertiary/aromatic N) is 3. The Morgan fingerprint density at radius 2 is 1.80 bits per heavy atom. The quantitative estimate of drug-likeness (QED) is 0.472. The summed E-state index contributed by atoms with van der Waals surface area (Å²) in [6.45, 7) is 1.05. The number of amides is 1. The Balaban J connectivity index is 1.55. The highest BCUT2D eigenvalue weighted by atomic mass is 32.2. The van der Waals surface area contributed by atoms with Crippen LogP contribution in [0.2, 0.25) is 0 Å². The number of aromatic nitrogens is 1. The van der Waals surface area contributed by atoms with Gasteiger partial charge in [0.2, 0.25) is 10.0 Å². The number of carbonyl (C=O) groups is 1. The number of nitrogens with one attached hydrogen (secondary N) is 1. The third-order valence-electron chi connectivity index (χ3n) is 4.87. The minimum Gasteiger partial charge on any atom is -0.298 e. The van der Waals surface area contributed by atoms with E-state index >= 15 is 0 Å². The summed E-state index contributed by atoms with van der Waals surface area (Å²) >= 11 is 1.17. The van der Waals surface area contributed by atoms with Gasteiger partial charge in [-0.15, -0.1) is 0 Å². The molecule has 0 radical (unpaired) electrons. The van der Waals surface area contributed by atoms with E-state index in [0.717, 1.165) is 19.3 Å². The van der Waals surface area contributed by atoms with Crippen molar-refractivity contribution in [2.24, 2.45) is 0 Å². The molecule has 2 heterocycles. The molecular weight excluding hydrogens is 428 g/mol. The van der Waals surface area contributed by atoms with E-state index in [1.165, 1.54) is 46.0 Å². The molecule has 0 aliphatic carbocycles. The molecule has 1 amide bonds. The van der Waals surface area contributed by atoms with Crippen molar-refractivity contribution >= 4 is 48.3 Å². The predicted octanol–water partition coefficient (Wildman–Crippen LogP) is 3.63. The highest BCUT2D eigenvalue weighted by Gasteiger charge is 2.26. The topological polar surface area (TPSA) is 123 Å². The normalized spacial score (nSPS) is 15.2. The van der Waals surface area contributed by atoms with Gasteiger partial charge in [-0.25, -0.2) is 13.4 Å². The number of hydrogen-bond donors (Lipinski definition) is 1. The number of anilines is 1. The minimum atomic E-state index is -3.55. The summed E-state index contributed by atoms with van der Waals surface area (Å²) in [6.07, 6.45) is 2.76. The zero-order valence-corrected chi connectivity index (χ0v) is 17.4. The first-order valence-corrected chi connectivity index (χ1v) is 11.6. The molecule has 1 saturated heterocycles. The van der Waals surface area contributed by atoms with Crippen LogP contribution >= 0.6 is 11.3 Å². The number of piperidine rings is 1. The van der Waals surface area contributed by atoms with Gasteiger partial charge in [-0.3, -0.25) is 20.2 Å². The molecule has 1 aliphatic rings. The first kappa shape index (κ1) is 20.4. The van der Waals surface area contributed by atoms with Crippen molar-refractivity contribution in [3.05, 3.63) is 58.1 Å². The first-order valence-electron chi connectivity index (χ1n) is 9.31. The summed E-state index contributed by atoms with van der Waals surface area (Å²) < 4.78 is 27.9. The van der Waals surface area contributed by atoms with Crippen LogP contribution in [0.4, 0.5) is 10.8 Å². The third kappa shape index (κ3) is 4.04. The molecular formula is C19H18N4O5S2. The van der Waals surface area contributed by atoms with Crippen LogP contribution < -0.4 is 5.32 Å². The molecule has 156 valence electrons. The number of rotatable bonds is 5. The lowest BCUT2D eigenvalue weighted by Gasteiger charge is -2.25. The van der Waals surface area contributed by atoms with Crippen molar-refractivity contribution in [3.63, 3.8) is 0 Å². The molecule has 0 atom stereocenters. The second-order valence-electron chi connectivity index (χ2n) is 6.87. The van der Waals surface area contributed by atoms with Crippen molar-refractivity contribution in [2.45, 2.75) is 24.2 Å². The Morgan fingerprint density at radius 3 is 2.47 bits per heavy atom. The monoisotopic (exact) mass is 446 g/mol. The molecule has 0 saturated carbocycles. The van der Waals surface area contributed by atoms with E-state index in [1.807, 2.05) is 0 Å². The SMILES string of the molecule is O=C(Nc1nc2ccc(S(=O)(=O)N3CCCCC3)cc2s1)c1ccc([N+](=O)[O-])cc1. The lowest BCUT2D eigenvalue weighted by Crippen LogP contribution is -2.35. The van der Waals surface area contributed by atoms with E-state index in [0.29, 0.717) is 28.4 Å². The number of nitro benzene ring substituents is 1. The second kappa shape index (κ2) is 8.09. The lowest BCUT2D eigenvalue weighted by molar-refractivity contribution is -0.384. The largest absolute Gasteiger partial charge is 0.298 e. The Bertz CT molecular complexity index is 1220. The standard InChI is InChI=1S/C19H18N4O5S2/c24-18(13-4-6-14(7-5-13)23(25)26)21-19-20-16-9-8-15(12-17(16)29-19)30(27,28)22-10-2-1-3-11-22/h4-9,12H,1-3,10-11H2,(H,20,21,24). The van der Waals surface area contributed by atoms with E-state index in [1.54, 1.807) is 12.1 Å². The number of sulfonamides is 1. The van der Waals surface area contributed by atoms with Gasteiger partial charge in [-0.05, 0) is 43.2 Å². The van der Waals surface area contributed by atoms with Crippen LogP contribution in [-0.2, 0) is 10.0 Å². The van der Waals surface area contributed by atoms with Crippen LogP contribution in [0, 0.1) is 10.1 Å². The zero-order valence-electron chi connectivity index (χ0n) is 15.8. The molecule has 1 aliphatic heterocycles. The Morgan fingerprint density at radius 1 is 1.10 bits per heavy atom. The number of non-ortho nitro benzene ring substituents is 1. The van der Waals surface area contributed by atoms with Gasteiger partial charge in [0, 0.05) is 30.8 Å². The summed E-state index contributed by atoms with van der Waals surface area (Å²) in [5, 5.41) is 13.7. The molecule has 9 nitrogen and oxygen atoms in total. The molecule has 2 aromatic carbocycles. The van der Waals surface area contributed by atoms with E-state index < -0.39 is 20.9 Å². The molecule has 11 heteroatoms. The average Bonchev–Trinajstić information content (AvgIpc) is 3.15. The predicted molar refractivity (Wildman–Crippen MR) is 113 cm³/mol. The fraction of sp³-hybridized carbons (Fsp3) is 0.263. The number of fused-ring (bicyclic) bond motifs is 1. The van der Waals surface area contributed by atoms with Gasteiger partial charge in [0.05, 0.1) is 20.0 Å². The number of carbonyl (C=O) groups excluding carboxylic acids is 1. The maximum absolute atomic E-state index is 12.9. The van der Waals surface area contributed by atoms with Crippen LogP contribution in [0.5, 0.6) is 0 Å². The summed E-state index contributed by atoms with van der Waals surface area (Å²) in [4.78, 5) is 27.1. The molecule has 0 spiro atoms. The minimum absolute atomic E-state index is 0.103. The van der Waals surface area contributed by atoms with Crippen molar-refractivity contribution in [2.75, 3.05) is 18.4 Å². The molecule has 0 unspecified atom stereocenters. The Kier molecular flexibility index (Phi) is 5.50. The van der Waals surface area contributed by atoms with Crippen molar-refractivity contribution in [3.8, 4) is 0 Å². The van der Waals surface area contributed by atoms with Crippen LogP contribution in [0.1, 0.15) is 29.6 Å². The lowest BCUT2D eigenvalue weighted by atomic mass is 10.2. The van der Waals surface area contributed by atoms with Crippen LogP contribution in [0.15, 0.2) is 47.4 Å². The Labute approximate surface area is 176 Å². The second-order valence-corrected chi connectivity index (χ2v) is 9.84. The Hall–Kier alpha value is -2.89. The highest BCUT2D eigenvalue weighted by molar-refractivity contribution is 7.89. The molecule has 1 fully saturated rings. The van der Waals surface area contributed by atoms with Gasteiger partial charge < -0.3 is 0 Å². The van der Waals surface area contributed by atoms with E-state index in [9.17, 15) is 23.3 Å². The van der Waals surface area contributed by atoms with Gasteiger partial charge in [-0.2, -0.15) is 4.31 Å². The molecule has 30 heavy (non-hydrogen) atoms. The van der Waals surface area contributed by atoms with Crippen LogP contribution in [0.3, 0.4) is 0 Å². The molecule has 4 rings (SSSR count). The van der Waals surface area contributed by atoms with Gasteiger partial charge >= 0.3 is 0 Å². The summed E-state index contributed by atoms with van der Waals surface area (Å²) in [7, 11) is -3.55. The number of thiazole rings is 1. The smallest absolute Gasteiger partial charge is 0.269 e. The summed E-state index contributed by atoms with van der Waals surface area (Å²) in [6, 6.07) is 9.99. The maximum Gasteiger partial charge on any atom is 0.269 e. The first-order chi connectivity index (χ1) is 14.3. The van der Waals surface area contributed by atoms with E-state index in [4.69, 9.17) is 0 Å². The van der Waals surface area contributed by atoms with Crippen LogP contribution in [0.25, 0.3) is 10.2 Å². The van der Waals surface area contributed by atoms with E-state index in [2.05, 4.69) is 10.3 Å². The van der Waals surface area contributed by atoms with Gasteiger partial charge in [-0.1, -0.05) is 17.8 Å². The fourth-order valence-electron chi connectivity index (χ4n) is 3.28. The number of hydrogen-bond acceptors (Lipinski definition) is 7. The summed E-state index contributed by atoms with van der Waals surface area (Å²) in [5.74, 6) is -0.454. The molecule has 1 aromatic heterocycles. The van der Waals surface area contributed by atoms with Gasteiger partial charge in [0.25, 0.3) is 11.6 Å². The van der Waals surface area contributed by atoms with Gasteiger partial charge in [0.1, 0.15) is 0 Å². The fourth-order valence-corrected chi connectivity index (χ4v) is 5.80. The average molecular weight is 447 g/mol. The van der Waals surface area contributed by atoms with Crippen LogP contribution in [-0.4, -0.2) is 41.6 Å². The zero-order chi connectivity index (χ0) is 21.3. The number of benzene rings is 2. The van der Waals surface area contributed by atoms with Crippen molar-refractivity contribution < 1.29 is 18.1 Å². The molecule has 1 N–H and O–H groups in total. The maximum atomic E-state index is 12.9. The molecule has 0 bridgehead atoms. The third-order valence-corrected chi connectivity index (χ3v) is 7.70. The highest BCUT2D eigenvalue weighted by Crippen LogP contribution is 2.30. The summed E-state index contributed by atoms with van der Waals surface area (Å²) in [5.41, 5.74) is 0.735. The van der Waals surface area contributed by atoms with Crippen molar-refractivity contribution in [1.82, 2.24) is 9.29 Å². The van der Waals surface area contributed by atoms with E-state index in [-0.39, 0.29) is 16.1 Å².